The lowest BCUT2D eigenvalue weighted by atomic mass is 10.1. The summed E-state index contributed by atoms with van der Waals surface area (Å²) in [6, 6.07) is 1.66. The number of rotatable bonds is 1. The number of aryl methyl sites for hydroxylation is 2. The first kappa shape index (κ1) is 10.0. The van der Waals surface area contributed by atoms with Crippen LogP contribution in [0.4, 0.5) is 0 Å². The van der Waals surface area contributed by atoms with E-state index in [0.717, 1.165) is 41.8 Å². The summed E-state index contributed by atoms with van der Waals surface area (Å²) < 4.78 is 0. The predicted molar refractivity (Wildman–Crippen MR) is 60.8 cm³/mol. The van der Waals surface area contributed by atoms with Crippen molar-refractivity contribution in [3.05, 3.63) is 35.5 Å². The second-order valence-corrected chi connectivity index (χ2v) is 4.13. The second kappa shape index (κ2) is 3.69. The molecule has 0 bridgehead atoms. The van der Waals surface area contributed by atoms with Crippen molar-refractivity contribution in [3.8, 4) is 11.3 Å². The molecule has 0 unspecified atom stereocenters. The van der Waals surface area contributed by atoms with Crippen molar-refractivity contribution in [3.63, 3.8) is 0 Å². The first-order valence-corrected chi connectivity index (χ1v) is 5.50. The molecular formula is C12H11N3O2. The average Bonchev–Trinajstić information content (AvgIpc) is 2.67. The van der Waals surface area contributed by atoms with Gasteiger partial charge < -0.3 is 10.1 Å². The molecule has 1 aliphatic rings. The number of H-pyrrole nitrogens is 1. The monoisotopic (exact) mass is 229 g/mol. The molecule has 1 aliphatic carbocycles. The number of nitrogens with zero attached hydrogens (tertiary/aromatic N) is 2. The molecule has 5 heteroatoms. The molecule has 2 N–H and O–H groups in total. The largest absolute Gasteiger partial charge is 0.477 e. The van der Waals surface area contributed by atoms with Crippen LogP contribution in [0.5, 0.6) is 0 Å². The molecule has 3 rings (SSSR count). The van der Waals surface area contributed by atoms with Crippen LogP contribution < -0.4 is 0 Å². The molecule has 17 heavy (non-hydrogen) atoms. The number of carboxylic acid groups (broad SMARTS) is 1. The van der Waals surface area contributed by atoms with Gasteiger partial charge in [-0.15, -0.1) is 0 Å². The van der Waals surface area contributed by atoms with E-state index < -0.39 is 5.97 Å². The van der Waals surface area contributed by atoms with Crippen LogP contribution in [-0.2, 0) is 12.8 Å². The highest BCUT2D eigenvalue weighted by Crippen LogP contribution is 2.30. The summed E-state index contributed by atoms with van der Waals surface area (Å²) in [5.41, 5.74) is 4.03. The molecule has 0 saturated heterocycles. The van der Waals surface area contributed by atoms with Crippen LogP contribution in [0.2, 0.25) is 0 Å². The van der Waals surface area contributed by atoms with Gasteiger partial charge in [-0.25, -0.2) is 14.8 Å². The van der Waals surface area contributed by atoms with Gasteiger partial charge in [-0.05, 0) is 30.9 Å². The van der Waals surface area contributed by atoms with Crippen molar-refractivity contribution in [1.82, 2.24) is 15.0 Å². The number of aromatic amines is 1. The van der Waals surface area contributed by atoms with Gasteiger partial charge in [-0.2, -0.15) is 0 Å². The molecule has 0 atom stereocenters. The standard InChI is InChI=1S/C12H11N3O2/c16-12(17)10-4-8-9(15-10)3-1-2-7-5-13-6-14-11(7)8/h4-6,15H,1-3H2,(H,16,17). The maximum Gasteiger partial charge on any atom is 0.352 e. The molecule has 5 nitrogen and oxygen atoms in total. The Morgan fingerprint density at radius 3 is 3.12 bits per heavy atom. The van der Waals surface area contributed by atoms with Gasteiger partial charge in [-0.1, -0.05) is 0 Å². The van der Waals surface area contributed by atoms with Crippen LogP contribution in [-0.4, -0.2) is 26.0 Å². The number of nitrogens with one attached hydrogen (secondary N) is 1. The first-order chi connectivity index (χ1) is 8.25. The van der Waals surface area contributed by atoms with E-state index in [1.54, 1.807) is 6.07 Å². The Morgan fingerprint density at radius 1 is 1.41 bits per heavy atom. The fourth-order valence-corrected chi connectivity index (χ4v) is 2.26. The van der Waals surface area contributed by atoms with Crippen molar-refractivity contribution in [1.29, 1.82) is 0 Å². The number of carboxylic acids is 1. The maximum absolute atomic E-state index is 11.0. The first-order valence-electron chi connectivity index (χ1n) is 5.50. The van der Waals surface area contributed by atoms with Crippen molar-refractivity contribution in [2.24, 2.45) is 0 Å². The molecule has 0 radical (unpaired) electrons. The van der Waals surface area contributed by atoms with E-state index in [4.69, 9.17) is 5.11 Å². The zero-order valence-electron chi connectivity index (χ0n) is 9.10. The maximum atomic E-state index is 11.0. The van der Waals surface area contributed by atoms with Crippen LogP contribution in [0.3, 0.4) is 0 Å². The summed E-state index contributed by atoms with van der Waals surface area (Å²) in [6.07, 6.45) is 6.07. The molecule has 0 fully saturated rings. The summed E-state index contributed by atoms with van der Waals surface area (Å²) in [5, 5.41) is 8.99. The Morgan fingerprint density at radius 2 is 2.29 bits per heavy atom. The number of aromatic carboxylic acids is 1. The Labute approximate surface area is 97.5 Å². The number of fused-ring (bicyclic) bond motifs is 3. The molecule has 0 aliphatic heterocycles. The molecule has 2 aromatic rings. The molecule has 0 saturated carbocycles. The zero-order chi connectivity index (χ0) is 11.8. The van der Waals surface area contributed by atoms with Gasteiger partial charge in [0.1, 0.15) is 12.0 Å². The third kappa shape index (κ3) is 1.60. The van der Waals surface area contributed by atoms with E-state index in [2.05, 4.69) is 15.0 Å². The van der Waals surface area contributed by atoms with Gasteiger partial charge in [0.15, 0.2) is 0 Å². The van der Waals surface area contributed by atoms with Gasteiger partial charge in [-0.3, -0.25) is 0 Å². The number of hydrogen-bond donors (Lipinski definition) is 2. The molecule has 0 spiro atoms. The second-order valence-electron chi connectivity index (χ2n) is 4.13. The zero-order valence-corrected chi connectivity index (χ0v) is 9.10. The molecule has 0 aromatic carbocycles. The van der Waals surface area contributed by atoms with Crippen LogP contribution >= 0.6 is 0 Å². The molecule has 2 heterocycles. The van der Waals surface area contributed by atoms with Gasteiger partial charge >= 0.3 is 5.97 Å². The molecular weight excluding hydrogens is 218 g/mol. The summed E-state index contributed by atoms with van der Waals surface area (Å²) in [4.78, 5) is 22.2. The Hall–Kier alpha value is -2.17. The average molecular weight is 229 g/mol. The SMILES string of the molecule is O=C(O)c1cc2c([nH]1)CCCc1cncnc1-2. The van der Waals surface area contributed by atoms with Crippen LogP contribution in [0.1, 0.15) is 28.2 Å². The summed E-state index contributed by atoms with van der Waals surface area (Å²) in [5.74, 6) is -0.936. The quantitative estimate of drug-likeness (QED) is 0.779. The number of carbonyl (C=O) groups is 1. The van der Waals surface area contributed by atoms with Gasteiger partial charge in [0.2, 0.25) is 0 Å². The van der Waals surface area contributed by atoms with Crippen LogP contribution in [0.15, 0.2) is 18.6 Å². The predicted octanol–water partition coefficient (Wildman–Crippen LogP) is 1.66. The van der Waals surface area contributed by atoms with Crippen molar-refractivity contribution in [2.75, 3.05) is 0 Å². The molecule has 2 aromatic heterocycles. The van der Waals surface area contributed by atoms with Gasteiger partial charge in [0.25, 0.3) is 0 Å². The number of hydrogen-bond acceptors (Lipinski definition) is 3. The Kier molecular flexibility index (Phi) is 2.18. The van der Waals surface area contributed by atoms with E-state index in [1.807, 2.05) is 6.20 Å². The summed E-state index contributed by atoms with van der Waals surface area (Å²) in [7, 11) is 0. The van der Waals surface area contributed by atoms with E-state index in [1.165, 1.54) is 6.33 Å². The van der Waals surface area contributed by atoms with Crippen LogP contribution in [0.25, 0.3) is 11.3 Å². The van der Waals surface area contributed by atoms with Gasteiger partial charge in [0, 0.05) is 17.5 Å². The Bertz CT molecular complexity index is 589. The minimum absolute atomic E-state index is 0.224. The molecule has 86 valence electrons. The fraction of sp³-hybridized carbons (Fsp3) is 0.250. The van der Waals surface area contributed by atoms with E-state index in [-0.39, 0.29) is 5.69 Å². The highest BCUT2D eigenvalue weighted by Gasteiger charge is 2.20. The summed E-state index contributed by atoms with van der Waals surface area (Å²) in [6.45, 7) is 0. The topological polar surface area (TPSA) is 78.9 Å². The number of aromatic nitrogens is 3. The van der Waals surface area contributed by atoms with E-state index >= 15 is 0 Å². The minimum Gasteiger partial charge on any atom is -0.477 e. The van der Waals surface area contributed by atoms with Gasteiger partial charge in [0.05, 0.1) is 5.69 Å². The third-order valence-electron chi connectivity index (χ3n) is 3.05. The lowest BCUT2D eigenvalue weighted by molar-refractivity contribution is 0.0691. The van der Waals surface area contributed by atoms with E-state index in [9.17, 15) is 4.79 Å². The lowest BCUT2D eigenvalue weighted by Crippen LogP contribution is -1.97. The smallest absolute Gasteiger partial charge is 0.352 e. The van der Waals surface area contributed by atoms with E-state index in [0.29, 0.717) is 0 Å². The Balaban J connectivity index is 2.21. The lowest BCUT2D eigenvalue weighted by Gasteiger charge is -2.02. The van der Waals surface area contributed by atoms with Crippen molar-refractivity contribution < 1.29 is 9.90 Å². The van der Waals surface area contributed by atoms with Crippen molar-refractivity contribution >= 4 is 5.97 Å². The molecule has 0 amide bonds. The minimum atomic E-state index is -0.936. The third-order valence-corrected chi connectivity index (χ3v) is 3.05. The normalized spacial score (nSPS) is 13.6. The highest BCUT2D eigenvalue weighted by atomic mass is 16.4. The highest BCUT2D eigenvalue weighted by molar-refractivity contribution is 5.88. The van der Waals surface area contributed by atoms with Crippen LogP contribution in [0, 0.1) is 0 Å². The fourth-order valence-electron chi connectivity index (χ4n) is 2.26. The summed E-state index contributed by atoms with van der Waals surface area (Å²) >= 11 is 0. The van der Waals surface area contributed by atoms with Crippen molar-refractivity contribution in [2.45, 2.75) is 19.3 Å².